The van der Waals surface area contributed by atoms with Crippen molar-refractivity contribution in [2.45, 2.75) is 19.8 Å². The third-order valence-electron chi connectivity index (χ3n) is 3.90. The zero-order valence-electron chi connectivity index (χ0n) is 12.7. The summed E-state index contributed by atoms with van der Waals surface area (Å²) in [5, 5.41) is 4.27. The number of nitrogens with zero attached hydrogens (tertiary/aromatic N) is 4. The smallest absolute Gasteiger partial charge is 0.309 e. The molecule has 1 amide bonds. The summed E-state index contributed by atoms with van der Waals surface area (Å²) in [5.41, 5.74) is 0.989. The van der Waals surface area contributed by atoms with Crippen LogP contribution in [0.15, 0.2) is 22.9 Å². The number of hydrogen-bond donors (Lipinski definition) is 0. The van der Waals surface area contributed by atoms with Crippen molar-refractivity contribution in [3.63, 3.8) is 0 Å². The van der Waals surface area contributed by atoms with Crippen LogP contribution in [0.2, 0.25) is 0 Å². The number of amides is 1. The molecule has 0 aliphatic carbocycles. The van der Waals surface area contributed by atoms with Crippen molar-refractivity contribution >= 4 is 33.5 Å². The maximum Gasteiger partial charge on any atom is 0.309 e. The van der Waals surface area contributed by atoms with Crippen LogP contribution in [0.5, 0.6) is 0 Å². The number of aromatic nitrogens is 3. The number of ether oxygens (including phenoxy) is 1. The summed E-state index contributed by atoms with van der Waals surface area (Å²) < 4.78 is 7.41. The maximum absolute atomic E-state index is 12.6. The van der Waals surface area contributed by atoms with Crippen LogP contribution in [0.1, 0.15) is 30.3 Å². The molecular weight excluding hydrogens is 364 g/mol. The van der Waals surface area contributed by atoms with Crippen molar-refractivity contribution in [3.05, 3.63) is 28.6 Å². The molecule has 1 aliphatic rings. The van der Waals surface area contributed by atoms with E-state index in [-0.39, 0.29) is 17.8 Å². The monoisotopic (exact) mass is 380 g/mol. The van der Waals surface area contributed by atoms with Crippen molar-refractivity contribution in [2.24, 2.45) is 5.92 Å². The van der Waals surface area contributed by atoms with Gasteiger partial charge in [0.1, 0.15) is 0 Å². The Kier molecular flexibility index (Phi) is 4.61. The Balaban J connectivity index is 1.67. The topological polar surface area (TPSA) is 76.8 Å². The van der Waals surface area contributed by atoms with Crippen LogP contribution in [0.25, 0.3) is 5.65 Å². The lowest BCUT2D eigenvalue weighted by atomic mass is 9.97. The average molecular weight is 381 g/mol. The van der Waals surface area contributed by atoms with Gasteiger partial charge in [-0.15, -0.1) is 0 Å². The Bertz CT molecular complexity index is 737. The standard InChI is InChI=1S/C15H17BrN4O3/c1-2-23-15(22)10-3-5-19(6-4-10)14(21)12-7-13-17-8-11(16)9-20(13)18-12/h7-10H,2-6H2,1H3. The fourth-order valence-corrected chi connectivity index (χ4v) is 3.00. The molecule has 2 aromatic rings. The Morgan fingerprint density at radius 3 is 2.83 bits per heavy atom. The third-order valence-corrected chi connectivity index (χ3v) is 4.31. The summed E-state index contributed by atoms with van der Waals surface area (Å²) in [5.74, 6) is -0.409. The molecule has 1 saturated heterocycles. The van der Waals surface area contributed by atoms with E-state index >= 15 is 0 Å². The van der Waals surface area contributed by atoms with Crippen LogP contribution in [0, 0.1) is 5.92 Å². The highest BCUT2D eigenvalue weighted by atomic mass is 79.9. The molecule has 0 radical (unpaired) electrons. The van der Waals surface area contributed by atoms with Gasteiger partial charge >= 0.3 is 5.97 Å². The van der Waals surface area contributed by atoms with Crippen LogP contribution >= 0.6 is 15.9 Å². The fourth-order valence-electron chi connectivity index (χ4n) is 2.70. The molecule has 7 nitrogen and oxygen atoms in total. The van der Waals surface area contributed by atoms with Crippen LogP contribution in [-0.2, 0) is 9.53 Å². The van der Waals surface area contributed by atoms with E-state index in [1.54, 1.807) is 34.8 Å². The molecule has 3 heterocycles. The Morgan fingerprint density at radius 1 is 1.39 bits per heavy atom. The first kappa shape index (κ1) is 15.9. The van der Waals surface area contributed by atoms with E-state index in [1.165, 1.54) is 0 Å². The normalized spacial score (nSPS) is 15.8. The fraction of sp³-hybridized carbons (Fsp3) is 0.467. The number of carbonyl (C=O) groups excluding carboxylic acids is 2. The van der Waals surface area contributed by atoms with Gasteiger partial charge < -0.3 is 9.64 Å². The summed E-state index contributed by atoms with van der Waals surface area (Å²) in [6.45, 7) is 3.26. The third kappa shape index (κ3) is 3.36. The SMILES string of the molecule is CCOC(=O)C1CCN(C(=O)c2cc3ncc(Br)cn3n2)CC1. The van der Waals surface area contributed by atoms with Gasteiger partial charge in [0, 0.05) is 31.5 Å². The van der Waals surface area contributed by atoms with Gasteiger partial charge in [-0.1, -0.05) is 0 Å². The molecule has 0 N–H and O–H groups in total. The van der Waals surface area contributed by atoms with Crippen LogP contribution in [0.4, 0.5) is 0 Å². The Morgan fingerprint density at radius 2 is 2.13 bits per heavy atom. The van der Waals surface area contributed by atoms with Crippen molar-refractivity contribution in [1.82, 2.24) is 19.5 Å². The molecule has 2 aromatic heterocycles. The van der Waals surface area contributed by atoms with Gasteiger partial charge in [-0.2, -0.15) is 5.10 Å². The molecule has 0 bridgehead atoms. The number of hydrogen-bond acceptors (Lipinski definition) is 5. The van der Waals surface area contributed by atoms with E-state index in [0.29, 0.717) is 43.9 Å². The van der Waals surface area contributed by atoms with Gasteiger partial charge in [0.15, 0.2) is 11.3 Å². The second kappa shape index (κ2) is 6.66. The van der Waals surface area contributed by atoms with E-state index in [0.717, 1.165) is 4.47 Å². The lowest BCUT2D eigenvalue weighted by Crippen LogP contribution is -2.40. The molecular formula is C15H17BrN4O3. The number of carbonyl (C=O) groups is 2. The summed E-state index contributed by atoms with van der Waals surface area (Å²) in [6, 6.07) is 1.67. The van der Waals surface area contributed by atoms with Crippen molar-refractivity contribution in [3.8, 4) is 0 Å². The molecule has 23 heavy (non-hydrogen) atoms. The van der Waals surface area contributed by atoms with Crippen LogP contribution in [-0.4, -0.2) is 51.1 Å². The predicted molar refractivity (Wildman–Crippen MR) is 85.9 cm³/mol. The molecule has 0 atom stereocenters. The number of piperidine rings is 1. The largest absolute Gasteiger partial charge is 0.466 e. The van der Waals surface area contributed by atoms with E-state index in [2.05, 4.69) is 26.0 Å². The van der Waals surface area contributed by atoms with E-state index in [9.17, 15) is 9.59 Å². The Labute approximate surface area is 141 Å². The van der Waals surface area contributed by atoms with Gasteiger partial charge in [0.05, 0.1) is 17.0 Å². The summed E-state index contributed by atoms with van der Waals surface area (Å²) >= 11 is 3.33. The number of esters is 1. The minimum atomic E-state index is -0.165. The maximum atomic E-state index is 12.6. The van der Waals surface area contributed by atoms with Gasteiger partial charge in [-0.05, 0) is 35.7 Å². The molecule has 0 unspecified atom stereocenters. The first-order chi connectivity index (χ1) is 11.1. The Hall–Kier alpha value is -1.96. The van der Waals surface area contributed by atoms with Gasteiger partial charge in [0.25, 0.3) is 5.91 Å². The minimum absolute atomic E-state index is 0.113. The molecule has 3 rings (SSSR count). The average Bonchev–Trinajstić information content (AvgIpc) is 2.97. The minimum Gasteiger partial charge on any atom is -0.466 e. The summed E-state index contributed by atoms with van der Waals surface area (Å²) in [6.07, 6.45) is 4.67. The molecule has 122 valence electrons. The van der Waals surface area contributed by atoms with Gasteiger partial charge in [0.2, 0.25) is 0 Å². The number of rotatable bonds is 3. The second-order valence-electron chi connectivity index (χ2n) is 5.42. The first-order valence-electron chi connectivity index (χ1n) is 7.55. The van der Waals surface area contributed by atoms with Crippen molar-refractivity contribution in [1.29, 1.82) is 0 Å². The highest BCUT2D eigenvalue weighted by Gasteiger charge is 2.29. The molecule has 0 saturated carbocycles. The second-order valence-corrected chi connectivity index (χ2v) is 6.34. The van der Waals surface area contributed by atoms with Gasteiger partial charge in [-0.3, -0.25) is 9.59 Å². The summed E-state index contributed by atoms with van der Waals surface area (Å²) in [7, 11) is 0. The number of fused-ring (bicyclic) bond motifs is 1. The van der Waals surface area contributed by atoms with Gasteiger partial charge in [-0.25, -0.2) is 9.50 Å². The first-order valence-corrected chi connectivity index (χ1v) is 8.34. The highest BCUT2D eigenvalue weighted by molar-refractivity contribution is 9.10. The van der Waals surface area contributed by atoms with Crippen LogP contribution in [0.3, 0.4) is 0 Å². The van der Waals surface area contributed by atoms with Crippen molar-refractivity contribution < 1.29 is 14.3 Å². The lowest BCUT2D eigenvalue weighted by Gasteiger charge is -2.30. The van der Waals surface area contributed by atoms with E-state index in [4.69, 9.17) is 4.74 Å². The quantitative estimate of drug-likeness (QED) is 0.760. The molecule has 8 heteroatoms. The van der Waals surface area contributed by atoms with E-state index < -0.39 is 0 Å². The van der Waals surface area contributed by atoms with Crippen molar-refractivity contribution in [2.75, 3.05) is 19.7 Å². The number of likely N-dealkylation sites (tertiary alicyclic amines) is 1. The zero-order valence-corrected chi connectivity index (χ0v) is 14.3. The van der Waals surface area contributed by atoms with Crippen LogP contribution < -0.4 is 0 Å². The number of halogens is 1. The highest BCUT2D eigenvalue weighted by Crippen LogP contribution is 2.20. The predicted octanol–water partition coefficient (Wildman–Crippen LogP) is 1.91. The molecule has 0 spiro atoms. The molecule has 1 fully saturated rings. The van der Waals surface area contributed by atoms with E-state index in [1.807, 2.05) is 0 Å². The molecule has 1 aliphatic heterocycles. The lowest BCUT2D eigenvalue weighted by molar-refractivity contribution is -0.149. The zero-order chi connectivity index (χ0) is 16.4. The molecule has 0 aromatic carbocycles. The summed E-state index contributed by atoms with van der Waals surface area (Å²) in [4.78, 5) is 30.2.